The zero-order valence-electron chi connectivity index (χ0n) is 38.7. The van der Waals surface area contributed by atoms with Crippen LogP contribution in [0.3, 0.4) is 0 Å². The summed E-state index contributed by atoms with van der Waals surface area (Å²) in [7, 11) is 0. The average molecular weight is 818 g/mol. The van der Waals surface area contributed by atoms with E-state index in [2.05, 4.69) is 104 Å². The summed E-state index contributed by atoms with van der Waals surface area (Å²) in [6, 6.07) is -0.622. The minimum absolute atomic E-state index is 0.0697. The predicted molar refractivity (Wildman–Crippen MR) is 262 cm³/mol. The molecule has 4 heteroatoms. The van der Waals surface area contributed by atoms with Gasteiger partial charge in [-0.3, -0.25) is 4.79 Å². The van der Waals surface area contributed by atoms with Crippen LogP contribution in [0.5, 0.6) is 0 Å². The van der Waals surface area contributed by atoms with Gasteiger partial charge in [0.2, 0.25) is 5.91 Å². The molecule has 2 atom stereocenters. The molecule has 0 aliphatic rings. The molecule has 0 aliphatic heterocycles. The van der Waals surface area contributed by atoms with Crippen molar-refractivity contribution in [1.82, 2.24) is 5.32 Å². The molecule has 338 valence electrons. The highest BCUT2D eigenvalue weighted by molar-refractivity contribution is 5.76. The van der Waals surface area contributed by atoms with Crippen LogP contribution < -0.4 is 5.32 Å². The first-order chi connectivity index (χ1) is 29.2. The highest BCUT2D eigenvalue weighted by Gasteiger charge is 2.17. The largest absolute Gasteiger partial charge is 0.394 e. The fourth-order valence-electron chi connectivity index (χ4n) is 7.04. The number of rotatable bonds is 44. The normalized spacial score (nSPS) is 13.8. The molecule has 0 aromatic rings. The number of aliphatic hydroxyl groups excluding tert-OH is 2. The van der Waals surface area contributed by atoms with Gasteiger partial charge < -0.3 is 15.5 Å². The quantitative estimate of drug-likeness (QED) is 0.0424. The number of hydrogen-bond donors (Lipinski definition) is 3. The molecular formula is C55H95NO3. The number of nitrogens with one attached hydrogen (secondary N) is 1. The molecule has 3 N–H and O–H groups in total. The van der Waals surface area contributed by atoms with Gasteiger partial charge in [0.05, 0.1) is 18.8 Å². The predicted octanol–water partition coefficient (Wildman–Crippen LogP) is 16.2. The van der Waals surface area contributed by atoms with E-state index in [0.717, 1.165) is 70.6 Å². The number of allylic oxidation sites excluding steroid dienone is 15. The number of amides is 1. The molecule has 0 spiro atoms. The lowest BCUT2D eigenvalue weighted by atomic mass is 10.0. The Morgan fingerprint density at radius 2 is 0.746 bits per heavy atom. The Morgan fingerprint density at radius 1 is 0.424 bits per heavy atom. The van der Waals surface area contributed by atoms with E-state index in [1.54, 1.807) is 6.08 Å². The van der Waals surface area contributed by atoms with Gasteiger partial charge in [-0.25, -0.2) is 0 Å². The Labute approximate surface area is 366 Å². The molecule has 0 radical (unpaired) electrons. The second kappa shape index (κ2) is 49.7. The zero-order valence-corrected chi connectivity index (χ0v) is 38.7. The number of aliphatic hydroxyl groups is 2. The van der Waals surface area contributed by atoms with Gasteiger partial charge in [0.15, 0.2) is 0 Å². The van der Waals surface area contributed by atoms with Crippen molar-refractivity contribution in [3.05, 3.63) is 97.2 Å². The standard InChI is InChI=1S/C55H95NO3/c1-3-5-7-9-11-13-14-15-16-17-18-19-20-21-22-23-24-25-26-27-28-29-30-31-32-33-34-35-36-37-38-39-40-41-42-43-45-47-49-51-55(59)56-53(52-57)54(58)50-48-46-44-12-10-8-6-4-2/h5,7,11,13,15-16,18-19,21-22,24-25,27-28,48,50,53-54,57-58H,3-4,6,8-10,12,14,17,20,23,26,29-47,49,51-52H2,1-2H3,(H,56,59)/b7-5-,13-11-,16-15-,19-18-,22-21-,25-24-,28-27-,50-48+. The topological polar surface area (TPSA) is 69.6 Å². The van der Waals surface area contributed by atoms with Crippen molar-refractivity contribution in [3.8, 4) is 0 Å². The van der Waals surface area contributed by atoms with Crippen molar-refractivity contribution in [2.45, 2.75) is 238 Å². The van der Waals surface area contributed by atoms with Gasteiger partial charge in [-0.1, -0.05) is 239 Å². The fraction of sp³-hybridized carbons (Fsp3) is 0.691. The lowest BCUT2D eigenvalue weighted by Gasteiger charge is -2.20. The Kier molecular flexibility index (Phi) is 47.4. The van der Waals surface area contributed by atoms with Gasteiger partial charge in [0, 0.05) is 6.42 Å². The maximum absolute atomic E-state index is 12.3. The van der Waals surface area contributed by atoms with Crippen molar-refractivity contribution in [2.75, 3.05) is 6.61 Å². The molecule has 0 aromatic carbocycles. The second-order valence-corrected chi connectivity index (χ2v) is 16.5. The van der Waals surface area contributed by atoms with Crippen LogP contribution in [-0.4, -0.2) is 34.9 Å². The van der Waals surface area contributed by atoms with Crippen molar-refractivity contribution in [1.29, 1.82) is 0 Å². The van der Waals surface area contributed by atoms with E-state index in [0.29, 0.717) is 6.42 Å². The molecule has 0 aromatic heterocycles. The van der Waals surface area contributed by atoms with E-state index in [4.69, 9.17) is 0 Å². The Hall–Kier alpha value is -2.69. The van der Waals surface area contributed by atoms with Crippen LogP contribution in [0.15, 0.2) is 97.2 Å². The lowest BCUT2D eigenvalue weighted by Crippen LogP contribution is -2.45. The second-order valence-electron chi connectivity index (χ2n) is 16.5. The molecule has 4 nitrogen and oxygen atoms in total. The van der Waals surface area contributed by atoms with Crippen LogP contribution >= 0.6 is 0 Å². The van der Waals surface area contributed by atoms with Crippen LogP contribution in [0.4, 0.5) is 0 Å². The maximum Gasteiger partial charge on any atom is 0.220 e. The first kappa shape index (κ1) is 56.3. The average Bonchev–Trinajstić information content (AvgIpc) is 3.24. The van der Waals surface area contributed by atoms with Crippen LogP contribution in [0, 0.1) is 0 Å². The Morgan fingerprint density at radius 3 is 1.12 bits per heavy atom. The summed E-state index contributed by atoms with van der Waals surface area (Å²) in [6.07, 6.45) is 74.2. The smallest absolute Gasteiger partial charge is 0.220 e. The van der Waals surface area contributed by atoms with E-state index >= 15 is 0 Å². The number of unbranched alkanes of at least 4 members (excludes halogenated alkanes) is 23. The van der Waals surface area contributed by atoms with Crippen molar-refractivity contribution >= 4 is 5.91 Å². The van der Waals surface area contributed by atoms with Crippen LogP contribution in [-0.2, 0) is 4.79 Å². The van der Waals surface area contributed by atoms with Crippen LogP contribution in [0.25, 0.3) is 0 Å². The Balaban J connectivity index is 3.47. The van der Waals surface area contributed by atoms with E-state index in [9.17, 15) is 15.0 Å². The monoisotopic (exact) mass is 818 g/mol. The third-order valence-electron chi connectivity index (χ3n) is 10.8. The molecule has 59 heavy (non-hydrogen) atoms. The summed E-state index contributed by atoms with van der Waals surface area (Å²) in [6.45, 7) is 4.15. The van der Waals surface area contributed by atoms with Crippen LogP contribution in [0.2, 0.25) is 0 Å². The van der Waals surface area contributed by atoms with Gasteiger partial charge >= 0.3 is 0 Å². The van der Waals surface area contributed by atoms with E-state index in [-0.39, 0.29) is 12.5 Å². The number of carbonyl (C=O) groups excluding carboxylic acids is 1. The fourth-order valence-corrected chi connectivity index (χ4v) is 7.04. The van der Waals surface area contributed by atoms with E-state index in [1.807, 2.05) is 6.08 Å². The van der Waals surface area contributed by atoms with Crippen molar-refractivity contribution < 1.29 is 15.0 Å². The SMILES string of the molecule is CC/C=C\C/C=C\C/C=C\C/C=C\C/C=C\C/C=C\C/C=C\CCCCCCCCCCCCCCCCCCCC(=O)NC(CO)C(O)/C=C/CCCCCCCC. The highest BCUT2D eigenvalue weighted by atomic mass is 16.3. The third kappa shape index (κ3) is 46.2. The van der Waals surface area contributed by atoms with Crippen molar-refractivity contribution in [3.63, 3.8) is 0 Å². The summed E-state index contributed by atoms with van der Waals surface area (Å²) in [5.41, 5.74) is 0. The third-order valence-corrected chi connectivity index (χ3v) is 10.8. The van der Waals surface area contributed by atoms with Gasteiger partial charge in [-0.15, -0.1) is 0 Å². The summed E-state index contributed by atoms with van der Waals surface area (Å²) < 4.78 is 0. The van der Waals surface area contributed by atoms with Gasteiger partial charge in [-0.2, -0.15) is 0 Å². The summed E-state index contributed by atoms with van der Waals surface area (Å²) in [4.78, 5) is 12.3. The van der Waals surface area contributed by atoms with E-state index in [1.165, 1.54) is 135 Å². The first-order valence-electron chi connectivity index (χ1n) is 25.0. The lowest BCUT2D eigenvalue weighted by molar-refractivity contribution is -0.123. The summed E-state index contributed by atoms with van der Waals surface area (Å²) in [5.74, 6) is -0.0697. The van der Waals surface area contributed by atoms with Crippen LogP contribution in [0.1, 0.15) is 226 Å². The molecule has 2 unspecified atom stereocenters. The number of hydrogen-bond acceptors (Lipinski definition) is 3. The summed E-state index contributed by atoms with van der Waals surface area (Å²) >= 11 is 0. The first-order valence-corrected chi connectivity index (χ1v) is 25.0. The minimum atomic E-state index is -0.839. The molecule has 0 rings (SSSR count). The number of carbonyl (C=O) groups is 1. The molecule has 1 amide bonds. The van der Waals surface area contributed by atoms with Crippen molar-refractivity contribution in [2.24, 2.45) is 0 Å². The molecule has 0 saturated carbocycles. The Bertz CT molecular complexity index is 1110. The van der Waals surface area contributed by atoms with Gasteiger partial charge in [0.25, 0.3) is 0 Å². The molecular weight excluding hydrogens is 723 g/mol. The maximum atomic E-state index is 12.3. The molecule has 0 aliphatic carbocycles. The molecule has 0 fully saturated rings. The molecule has 0 heterocycles. The molecule has 0 bridgehead atoms. The molecule has 0 saturated heterocycles. The minimum Gasteiger partial charge on any atom is -0.394 e. The van der Waals surface area contributed by atoms with Gasteiger partial charge in [0.1, 0.15) is 0 Å². The zero-order chi connectivity index (χ0) is 42.8. The summed E-state index contributed by atoms with van der Waals surface area (Å²) in [5, 5.41) is 22.9. The van der Waals surface area contributed by atoms with Gasteiger partial charge in [-0.05, 0) is 77.0 Å². The highest BCUT2D eigenvalue weighted by Crippen LogP contribution is 2.15. The van der Waals surface area contributed by atoms with E-state index < -0.39 is 12.1 Å².